The first-order chi connectivity index (χ1) is 12.2. The van der Waals surface area contributed by atoms with E-state index < -0.39 is 0 Å². The minimum Gasteiger partial charge on any atom is -0.488 e. The number of nitriles is 1. The van der Waals surface area contributed by atoms with E-state index in [1.807, 2.05) is 4.90 Å². The lowest BCUT2D eigenvalue weighted by Crippen LogP contribution is -2.31. The molecular formula is C17H18N6O2. The average molecular weight is 338 g/mol. The number of likely N-dealkylation sites (tertiary alicyclic amines) is 1. The molecule has 2 aromatic heterocycles. The zero-order chi connectivity index (χ0) is 17.2. The Hall–Kier alpha value is -2.95. The van der Waals surface area contributed by atoms with Crippen LogP contribution in [0.3, 0.4) is 0 Å². The van der Waals surface area contributed by atoms with Gasteiger partial charge in [-0.2, -0.15) is 5.26 Å². The van der Waals surface area contributed by atoms with Crippen LogP contribution in [0.2, 0.25) is 0 Å². The lowest BCUT2D eigenvalue weighted by atomic mass is 10.2. The van der Waals surface area contributed by atoms with Crippen molar-refractivity contribution in [3.8, 4) is 23.2 Å². The third-order valence-corrected chi connectivity index (χ3v) is 4.34. The molecule has 8 nitrogen and oxygen atoms in total. The van der Waals surface area contributed by atoms with Gasteiger partial charge in [-0.25, -0.2) is 9.67 Å². The number of hydrogen-bond donors (Lipinski definition) is 0. The monoisotopic (exact) mass is 338 g/mol. The van der Waals surface area contributed by atoms with Crippen LogP contribution in [-0.4, -0.2) is 50.0 Å². The van der Waals surface area contributed by atoms with Gasteiger partial charge in [-0.1, -0.05) is 5.21 Å². The Bertz CT molecular complexity index is 830. The fraction of sp³-hybridized carbons (Fsp3) is 0.471. The molecule has 3 heterocycles. The Morgan fingerprint density at radius 1 is 1.36 bits per heavy atom. The van der Waals surface area contributed by atoms with Crippen LogP contribution in [0.1, 0.15) is 31.2 Å². The van der Waals surface area contributed by atoms with Gasteiger partial charge in [0, 0.05) is 25.4 Å². The Labute approximate surface area is 145 Å². The topological polar surface area (TPSA) is 96.9 Å². The molecule has 0 unspecified atom stereocenters. The normalized spacial score (nSPS) is 16.7. The van der Waals surface area contributed by atoms with Gasteiger partial charge in [0.2, 0.25) is 5.91 Å². The van der Waals surface area contributed by atoms with E-state index in [1.54, 1.807) is 12.3 Å². The van der Waals surface area contributed by atoms with Crippen molar-refractivity contribution in [3.63, 3.8) is 0 Å². The number of carbonyl (C=O) groups excluding carboxylic acids is 1. The van der Waals surface area contributed by atoms with E-state index in [0.717, 1.165) is 38.8 Å². The molecule has 0 spiro atoms. The second-order valence-electron chi connectivity index (χ2n) is 6.39. The van der Waals surface area contributed by atoms with Gasteiger partial charge in [-0.15, -0.1) is 5.10 Å². The Morgan fingerprint density at radius 2 is 2.16 bits per heavy atom. The third kappa shape index (κ3) is 3.45. The highest BCUT2D eigenvalue weighted by Crippen LogP contribution is 2.33. The van der Waals surface area contributed by atoms with Crippen molar-refractivity contribution >= 4 is 5.91 Å². The smallest absolute Gasteiger partial charge is 0.244 e. The van der Waals surface area contributed by atoms with Gasteiger partial charge < -0.3 is 9.64 Å². The molecule has 1 aliphatic carbocycles. The minimum absolute atomic E-state index is 0.0520. The summed E-state index contributed by atoms with van der Waals surface area (Å²) in [6.07, 6.45) is 7.50. The minimum atomic E-state index is 0.0520. The van der Waals surface area contributed by atoms with Crippen LogP contribution in [0.4, 0.5) is 0 Å². The highest BCUT2D eigenvalue weighted by molar-refractivity contribution is 5.76. The van der Waals surface area contributed by atoms with E-state index in [2.05, 4.69) is 21.4 Å². The van der Waals surface area contributed by atoms with Crippen molar-refractivity contribution in [2.24, 2.45) is 0 Å². The molecule has 128 valence electrons. The lowest BCUT2D eigenvalue weighted by Gasteiger charge is -2.14. The molecule has 2 aromatic rings. The molecule has 1 amide bonds. The van der Waals surface area contributed by atoms with Crippen molar-refractivity contribution in [2.75, 3.05) is 13.1 Å². The van der Waals surface area contributed by atoms with Gasteiger partial charge in [0.05, 0.1) is 17.9 Å². The Balaban J connectivity index is 1.54. The van der Waals surface area contributed by atoms with Crippen molar-refractivity contribution in [3.05, 3.63) is 24.0 Å². The zero-order valence-corrected chi connectivity index (χ0v) is 13.8. The maximum Gasteiger partial charge on any atom is 0.244 e. The number of rotatable bonds is 5. The quantitative estimate of drug-likeness (QED) is 0.817. The van der Waals surface area contributed by atoms with E-state index in [-0.39, 0.29) is 18.6 Å². The third-order valence-electron chi connectivity index (χ3n) is 4.34. The van der Waals surface area contributed by atoms with Gasteiger partial charge in [0.1, 0.15) is 29.8 Å². The van der Waals surface area contributed by atoms with Crippen LogP contribution in [0.25, 0.3) is 11.4 Å². The van der Waals surface area contributed by atoms with Gasteiger partial charge in [0.15, 0.2) is 0 Å². The first-order valence-electron chi connectivity index (χ1n) is 8.48. The predicted octanol–water partition coefficient (Wildman–Crippen LogP) is 1.38. The standard InChI is InChI=1S/C17H18N6O2/c18-8-12-7-15(25-13-3-4-13)17(19-9-12)14-10-23(21-20-14)11-16(24)22-5-1-2-6-22/h7,9-10,13H,1-6,11H2. The summed E-state index contributed by atoms with van der Waals surface area (Å²) in [7, 11) is 0. The van der Waals surface area contributed by atoms with Crippen molar-refractivity contribution < 1.29 is 9.53 Å². The SMILES string of the molecule is N#Cc1cnc(-c2cn(CC(=O)N3CCCC3)nn2)c(OC2CC2)c1. The molecule has 1 saturated carbocycles. The molecular weight excluding hydrogens is 320 g/mol. The average Bonchev–Trinajstić information content (AvgIpc) is 3.10. The number of aromatic nitrogens is 4. The van der Waals surface area contributed by atoms with E-state index >= 15 is 0 Å². The Kier molecular flexibility index (Phi) is 4.06. The second-order valence-corrected chi connectivity index (χ2v) is 6.39. The van der Waals surface area contributed by atoms with Gasteiger partial charge in [-0.3, -0.25) is 4.79 Å². The van der Waals surface area contributed by atoms with Crippen LogP contribution in [0, 0.1) is 11.3 Å². The van der Waals surface area contributed by atoms with Gasteiger partial charge in [0.25, 0.3) is 0 Å². The highest BCUT2D eigenvalue weighted by Gasteiger charge is 2.26. The van der Waals surface area contributed by atoms with Gasteiger partial charge >= 0.3 is 0 Å². The Morgan fingerprint density at radius 3 is 2.88 bits per heavy atom. The zero-order valence-electron chi connectivity index (χ0n) is 13.8. The summed E-state index contributed by atoms with van der Waals surface area (Å²) in [6.45, 7) is 1.80. The van der Waals surface area contributed by atoms with Crippen molar-refractivity contribution in [1.82, 2.24) is 24.9 Å². The molecule has 0 N–H and O–H groups in total. The van der Waals surface area contributed by atoms with Crippen LogP contribution in [0.15, 0.2) is 18.5 Å². The largest absolute Gasteiger partial charge is 0.488 e. The number of pyridine rings is 1. The summed E-state index contributed by atoms with van der Waals surface area (Å²) in [5.74, 6) is 0.593. The summed E-state index contributed by atoms with van der Waals surface area (Å²) in [6, 6.07) is 3.74. The van der Waals surface area contributed by atoms with E-state index in [0.29, 0.717) is 22.7 Å². The summed E-state index contributed by atoms with van der Waals surface area (Å²) in [5.41, 5.74) is 1.52. The first-order valence-corrected chi connectivity index (χ1v) is 8.48. The van der Waals surface area contributed by atoms with Crippen LogP contribution in [0.5, 0.6) is 5.75 Å². The molecule has 0 atom stereocenters. The molecule has 8 heteroatoms. The second kappa shape index (κ2) is 6.51. The first kappa shape index (κ1) is 15.6. The summed E-state index contributed by atoms with van der Waals surface area (Å²) in [4.78, 5) is 18.4. The molecule has 0 aromatic carbocycles. The van der Waals surface area contributed by atoms with Crippen LogP contribution in [-0.2, 0) is 11.3 Å². The maximum absolute atomic E-state index is 12.2. The number of carbonyl (C=O) groups is 1. The van der Waals surface area contributed by atoms with E-state index in [4.69, 9.17) is 10.00 Å². The van der Waals surface area contributed by atoms with Gasteiger partial charge in [-0.05, 0) is 25.7 Å². The van der Waals surface area contributed by atoms with Crippen LogP contribution < -0.4 is 4.74 Å². The molecule has 2 aliphatic rings. The van der Waals surface area contributed by atoms with E-state index in [1.165, 1.54) is 10.9 Å². The number of ether oxygens (including phenoxy) is 1. The molecule has 0 radical (unpaired) electrons. The van der Waals surface area contributed by atoms with Crippen molar-refractivity contribution in [1.29, 1.82) is 5.26 Å². The molecule has 25 heavy (non-hydrogen) atoms. The number of amides is 1. The van der Waals surface area contributed by atoms with E-state index in [9.17, 15) is 4.79 Å². The molecule has 4 rings (SSSR count). The molecule has 1 aliphatic heterocycles. The maximum atomic E-state index is 12.2. The lowest BCUT2D eigenvalue weighted by molar-refractivity contribution is -0.130. The highest BCUT2D eigenvalue weighted by atomic mass is 16.5. The van der Waals surface area contributed by atoms with Crippen molar-refractivity contribution in [2.45, 2.75) is 38.3 Å². The number of nitrogens with zero attached hydrogens (tertiary/aromatic N) is 6. The summed E-state index contributed by atoms with van der Waals surface area (Å²) < 4.78 is 7.38. The summed E-state index contributed by atoms with van der Waals surface area (Å²) >= 11 is 0. The predicted molar refractivity (Wildman–Crippen MR) is 87.4 cm³/mol. The van der Waals surface area contributed by atoms with Crippen LogP contribution >= 0.6 is 0 Å². The molecule has 1 saturated heterocycles. The summed E-state index contributed by atoms with van der Waals surface area (Å²) in [5, 5.41) is 17.2. The fourth-order valence-electron chi connectivity index (χ4n) is 2.84. The molecule has 2 fully saturated rings. The fourth-order valence-corrected chi connectivity index (χ4v) is 2.84. The number of hydrogen-bond acceptors (Lipinski definition) is 6. The molecule has 0 bridgehead atoms.